The molecular weight excluding hydrogens is 212 g/mol. The Kier molecular flexibility index (Phi) is 4.54. The highest BCUT2D eigenvalue weighted by molar-refractivity contribution is 5.31. The van der Waals surface area contributed by atoms with Gasteiger partial charge in [-0.05, 0) is 37.0 Å². The van der Waals surface area contributed by atoms with E-state index in [1.165, 1.54) is 24.8 Å². The smallest absolute Gasteiger partial charge is 0.0991 e. The summed E-state index contributed by atoms with van der Waals surface area (Å²) in [6, 6.07) is 9.82. The topological polar surface area (TPSA) is 45.0 Å². The van der Waals surface area contributed by atoms with Gasteiger partial charge in [0.05, 0.1) is 17.7 Å². The minimum Gasteiger partial charge on any atom is -0.377 e. The van der Waals surface area contributed by atoms with Crippen LogP contribution in [0.15, 0.2) is 24.3 Å². The van der Waals surface area contributed by atoms with E-state index in [0.29, 0.717) is 11.7 Å². The lowest BCUT2D eigenvalue weighted by molar-refractivity contribution is 0.0168. The fourth-order valence-corrected chi connectivity index (χ4v) is 2.04. The zero-order chi connectivity index (χ0) is 11.9. The van der Waals surface area contributed by atoms with Crippen LogP contribution in [-0.2, 0) is 11.3 Å². The van der Waals surface area contributed by atoms with E-state index >= 15 is 0 Å². The molecule has 0 saturated carbocycles. The molecule has 3 heteroatoms. The highest BCUT2D eigenvalue weighted by Crippen LogP contribution is 2.11. The van der Waals surface area contributed by atoms with Crippen LogP contribution >= 0.6 is 0 Å². The summed E-state index contributed by atoms with van der Waals surface area (Å²) < 4.78 is 5.65. The number of nitriles is 1. The van der Waals surface area contributed by atoms with Crippen LogP contribution in [0.5, 0.6) is 0 Å². The fraction of sp³-hybridized carbons (Fsp3) is 0.500. The van der Waals surface area contributed by atoms with Crippen LogP contribution in [0.1, 0.15) is 30.4 Å². The van der Waals surface area contributed by atoms with Crippen LogP contribution in [0.4, 0.5) is 0 Å². The van der Waals surface area contributed by atoms with Gasteiger partial charge in [0.1, 0.15) is 0 Å². The molecule has 90 valence electrons. The van der Waals surface area contributed by atoms with Gasteiger partial charge in [0.15, 0.2) is 0 Å². The van der Waals surface area contributed by atoms with E-state index in [1.807, 2.05) is 24.3 Å². The zero-order valence-electron chi connectivity index (χ0n) is 9.98. The van der Waals surface area contributed by atoms with Gasteiger partial charge in [-0.25, -0.2) is 0 Å². The molecule has 0 spiro atoms. The van der Waals surface area contributed by atoms with Crippen molar-refractivity contribution in [1.82, 2.24) is 5.32 Å². The summed E-state index contributed by atoms with van der Waals surface area (Å²) in [6.07, 6.45) is 4.03. The van der Waals surface area contributed by atoms with E-state index < -0.39 is 0 Å². The minimum atomic E-state index is 0.377. The van der Waals surface area contributed by atoms with Crippen molar-refractivity contribution in [2.75, 3.05) is 13.2 Å². The monoisotopic (exact) mass is 230 g/mol. The second-order valence-corrected chi connectivity index (χ2v) is 4.43. The van der Waals surface area contributed by atoms with Gasteiger partial charge >= 0.3 is 0 Å². The Morgan fingerprint density at radius 2 is 2.12 bits per heavy atom. The number of nitrogens with one attached hydrogen (secondary N) is 1. The summed E-state index contributed by atoms with van der Waals surface area (Å²) in [5, 5.41) is 12.1. The van der Waals surface area contributed by atoms with E-state index in [-0.39, 0.29) is 0 Å². The Labute approximate surface area is 102 Å². The lowest BCUT2D eigenvalue weighted by atomic mass is 10.1. The Morgan fingerprint density at radius 1 is 1.29 bits per heavy atom. The molecule has 1 fully saturated rings. The van der Waals surface area contributed by atoms with Gasteiger partial charge in [0.2, 0.25) is 0 Å². The third kappa shape index (κ3) is 3.85. The number of hydrogen-bond acceptors (Lipinski definition) is 3. The number of ether oxygens (including phenoxy) is 1. The second-order valence-electron chi connectivity index (χ2n) is 4.43. The van der Waals surface area contributed by atoms with Crippen molar-refractivity contribution < 1.29 is 4.74 Å². The van der Waals surface area contributed by atoms with Gasteiger partial charge in [-0.3, -0.25) is 0 Å². The lowest BCUT2D eigenvalue weighted by Crippen LogP contribution is -2.31. The molecule has 1 aromatic carbocycles. The van der Waals surface area contributed by atoms with Crippen LogP contribution in [-0.4, -0.2) is 19.3 Å². The minimum absolute atomic E-state index is 0.377. The summed E-state index contributed by atoms with van der Waals surface area (Å²) in [5.74, 6) is 0. The van der Waals surface area contributed by atoms with Crippen molar-refractivity contribution in [3.05, 3.63) is 35.4 Å². The van der Waals surface area contributed by atoms with E-state index in [1.54, 1.807) is 0 Å². The van der Waals surface area contributed by atoms with Crippen LogP contribution in [0.3, 0.4) is 0 Å². The number of nitrogens with zero attached hydrogens (tertiary/aromatic N) is 1. The highest BCUT2D eigenvalue weighted by atomic mass is 16.5. The maximum Gasteiger partial charge on any atom is 0.0991 e. The molecular formula is C14H18N2O. The first-order chi connectivity index (χ1) is 8.38. The second kappa shape index (κ2) is 6.39. The van der Waals surface area contributed by atoms with Gasteiger partial charge < -0.3 is 10.1 Å². The predicted molar refractivity (Wildman–Crippen MR) is 66.5 cm³/mol. The Balaban J connectivity index is 1.72. The normalized spacial score (nSPS) is 19.8. The van der Waals surface area contributed by atoms with Crippen LogP contribution in [0, 0.1) is 11.3 Å². The van der Waals surface area contributed by atoms with Gasteiger partial charge in [-0.2, -0.15) is 5.26 Å². The van der Waals surface area contributed by atoms with Crippen molar-refractivity contribution in [3.8, 4) is 6.07 Å². The molecule has 1 aliphatic rings. The summed E-state index contributed by atoms with van der Waals surface area (Å²) >= 11 is 0. The maximum atomic E-state index is 8.69. The SMILES string of the molecule is N#Cc1ccc(CNCC2CCCCO2)cc1. The number of rotatable bonds is 4. The molecule has 0 aromatic heterocycles. The zero-order valence-corrected chi connectivity index (χ0v) is 9.98. The maximum absolute atomic E-state index is 8.69. The Morgan fingerprint density at radius 3 is 2.76 bits per heavy atom. The van der Waals surface area contributed by atoms with Gasteiger partial charge in [0, 0.05) is 19.7 Å². The quantitative estimate of drug-likeness (QED) is 0.862. The van der Waals surface area contributed by atoms with E-state index in [9.17, 15) is 0 Å². The predicted octanol–water partition coefficient (Wildman–Crippen LogP) is 2.22. The molecule has 1 saturated heterocycles. The number of benzene rings is 1. The van der Waals surface area contributed by atoms with E-state index in [2.05, 4.69) is 11.4 Å². The van der Waals surface area contributed by atoms with Crippen molar-refractivity contribution in [2.24, 2.45) is 0 Å². The van der Waals surface area contributed by atoms with Crippen molar-refractivity contribution >= 4 is 0 Å². The first kappa shape index (κ1) is 12.1. The Bertz CT molecular complexity index is 374. The first-order valence-electron chi connectivity index (χ1n) is 6.20. The van der Waals surface area contributed by atoms with Crippen LogP contribution < -0.4 is 5.32 Å². The van der Waals surface area contributed by atoms with Crippen molar-refractivity contribution in [1.29, 1.82) is 5.26 Å². The Hall–Kier alpha value is -1.37. The average Bonchev–Trinajstić information content (AvgIpc) is 2.41. The summed E-state index contributed by atoms with van der Waals surface area (Å²) in [7, 11) is 0. The molecule has 3 nitrogen and oxygen atoms in total. The van der Waals surface area contributed by atoms with E-state index in [0.717, 1.165) is 19.7 Å². The molecule has 1 aliphatic heterocycles. The largest absolute Gasteiger partial charge is 0.377 e. The number of hydrogen-bond donors (Lipinski definition) is 1. The summed E-state index contributed by atoms with van der Waals surface area (Å²) in [5.41, 5.74) is 1.92. The molecule has 1 N–H and O–H groups in total. The standard InChI is InChI=1S/C14H18N2O/c15-9-12-4-6-13(7-5-12)10-16-11-14-3-1-2-8-17-14/h4-7,14,16H,1-3,8,10-11H2. The van der Waals surface area contributed by atoms with Crippen molar-refractivity contribution in [2.45, 2.75) is 31.9 Å². The highest BCUT2D eigenvalue weighted by Gasteiger charge is 2.12. The molecule has 1 aromatic rings. The third-order valence-corrected chi connectivity index (χ3v) is 3.06. The summed E-state index contributed by atoms with van der Waals surface area (Å²) in [4.78, 5) is 0. The molecule has 1 heterocycles. The molecule has 2 rings (SSSR count). The van der Waals surface area contributed by atoms with E-state index in [4.69, 9.17) is 10.00 Å². The van der Waals surface area contributed by atoms with Crippen molar-refractivity contribution in [3.63, 3.8) is 0 Å². The van der Waals surface area contributed by atoms with Gasteiger partial charge in [-0.15, -0.1) is 0 Å². The molecule has 1 unspecified atom stereocenters. The van der Waals surface area contributed by atoms with Crippen LogP contribution in [0.25, 0.3) is 0 Å². The lowest BCUT2D eigenvalue weighted by Gasteiger charge is -2.22. The van der Waals surface area contributed by atoms with Gasteiger partial charge in [-0.1, -0.05) is 12.1 Å². The van der Waals surface area contributed by atoms with Gasteiger partial charge in [0.25, 0.3) is 0 Å². The summed E-state index contributed by atoms with van der Waals surface area (Å²) in [6.45, 7) is 2.66. The molecule has 0 radical (unpaired) electrons. The first-order valence-corrected chi connectivity index (χ1v) is 6.20. The average molecular weight is 230 g/mol. The molecule has 0 bridgehead atoms. The molecule has 17 heavy (non-hydrogen) atoms. The van der Waals surface area contributed by atoms with Crippen LogP contribution in [0.2, 0.25) is 0 Å². The third-order valence-electron chi connectivity index (χ3n) is 3.06. The molecule has 0 aliphatic carbocycles. The molecule has 0 amide bonds. The fourth-order valence-electron chi connectivity index (χ4n) is 2.04. The molecule has 1 atom stereocenters.